The first-order valence-electron chi connectivity index (χ1n) is 6.60. The molecule has 1 aromatic rings. The molecule has 1 aliphatic rings. The molecule has 1 saturated heterocycles. The third-order valence-corrected chi connectivity index (χ3v) is 4.85. The summed E-state index contributed by atoms with van der Waals surface area (Å²) in [5, 5.41) is 3.83. The molecule has 1 N–H and O–H groups in total. The second-order valence-electron chi connectivity index (χ2n) is 4.88. The molecular weight excluding hydrogens is 282 g/mol. The maximum atomic E-state index is 6.01. The van der Waals surface area contributed by atoms with Crippen LogP contribution < -0.4 is 5.32 Å². The Bertz CT molecular complexity index is 424. The van der Waals surface area contributed by atoms with Crippen molar-refractivity contribution in [1.82, 2.24) is 9.97 Å². The molecule has 6 heteroatoms. The van der Waals surface area contributed by atoms with E-state index in [1.807, 2.05) is 18.7 Å². The average Bonchev–Trinajstić information content (AvgIpc) is 2.81. The minimum atomic E-state index is 0.303. The second-order valence-corrected chi connectivity index (χ2v) is 6.95. The molecule has 0 saturated carbocycles. The van der Waals surface area contributed by atoms with E-state index in [9.17, 15) is 0 Å². The lowest BCUT2D eigenvalue weighted by atomic mass is 10.1. The van der Waals surface area contributed by atoms with Crippen molar-refractivity contribution in [3.8, 4) is 0 Å². The number of thioether (sulfide) groups is 1. The first kappa shape index (κ1) is 14.9. The minimum Gasteiger partial charge on any atom is -0.374 e. The molecule has 1 unspecified atom stereocenters. The molecule has 1 fully saturated rings. The Labute approximate surface area is 123 Å². The molecule has 0 spiro atoms. The predicted molar refractivity (Wildman–Crippen MR) is 81.0 cm³/mol. The highest BCUT2D eigenvalue weighted by atomic mass is 35.5. The van der Waals surface area contributed by atoms with Crippen molar-refractivity contribution in [2.75, 3.05) is 24.2 Å². The van der Waals surface area contributed by atoms with Gasteiger partial charge in [0, 0.05) is 24.0 Å². The van der Waals surface area contributed by atoms with Crippen LogP contribution >= 0.6 is 23.4 Å². The zero-order chi connectivity index (χ0) is 13.7. The van der Waals surface area contributed by atoms with E-state index in [1.165, 1.54) is 18.6 Å². The van der Waals surface area contributed by atoms with Gasteiger partial charge in [-0.3, -0.25) is 0 Å². The summed E-state index contributed by atoms with van der Waals surface area (Å²) >= 11 is 8.03. The Balaban J connectivity index is 1.97. The summed E-state index contributed by atoms with van der Waals surface area (Å²) in [5.41, 5.74) is 0. The van der Waals surface area contributed by atoms with Crippen LogP contribution in [0.3, 0.4) is 0 Å². The standard InChI is InChI=1S/C13H20ClN3OS/c1-3-18-8-12-16-10(14)7-11(17-12)15-9-13(2)5-4-6-19-13/h7H,3-6,8-9H2,1-2H3,(H,15,16,17). The normalized spacial score (nSPS) is 22.7. The van der Waals surface area contributed by atoms with Crippen molar-refractivity contribution in [3.05, 3.63) is 17.0 Å². The lowest BCUT2D eigenvalue weighted by Gasteiger charge is -2.23. The highest BCUT2D eigenvalue weighted by molar-refractivity contribution is 8.00. The third-order valence-electron chi connectivity index (χ3n) is 3.12. The minimum absolute atomic E-state index is 0.303. The molecule has 1 aromatic heterocycles. The maximum absolute atomic E-state index is 6.01. The molecule has 0 radical (unpaired) electrons. The van der Waals surface area contributed by atoms with E-state index in [2.05, 4.69) is 22.2 Å². The Morgan fingerprint density at radius 1 is 1.53 bits per heavy atom. The summed E-state index contributed by atoms with van der Waals surface area (Å²) in [5.74, 6) is 2.66. The number of nitrogens with one attached hydrogen (secondary N) is 1. The van der Waals surface area contributed by atoms with Gasteiger partial charge in [-0.15, -0.1) is 0 Å². The zero-order valence-electron chi connectivity index (χ0n) is 11.4. The van der Waals surface area contributed by atoms with Crippen LogP contribution in [0, 0.1) is 0 Å². The molecule has 106 valence electrons. The van der Waals surface area contributed by atoms with Crippen LogP contribution in [0.25, 0.3) is 0 Å². The summed E-state index contributed by atoms with van der Waals surface area (Å²) in [7, 11) is 0. The summed E-state index contributed by atoms with van der Waals surface area (Å²) < 4.78 is 5.61. The van der Waals surface area contributed by atoms with Gasteiger partial charge in [-0.2, -0.15) is 11.8 Å². The Morgan fingerprint density at radius 3 is 3.05 bits per heavy atom. The zero-order valence-corrected chi connectivity index (χ0v) is 13.0. The quantitative estimate of drug-likeness (QED) is 0.816. The first-order valence-corrected chi connectivity index (χ1v) is 7.97. The highest BCUT2D eigenvalue weighted by Crippen LogP contribution is 2.37. The van der Waals surface area contributed by atoms with Gasteiger partial charge in [0.25, 0.3) is 0 Å². The van der Waals surface area contributed by atoms with Gasteiger partial charge in [0.15, 0.2) is 5.82 Å². The fourth-order valence-corrected chi connectivity index (χ4v) is 3.51. The molecule has 19 heavy (non-hydrogen) atoms. The fourth-order valence-electron chi connectivity index (χ4n) is 2.07. The lowest BCUT2D eigenvalue weighted by molar-refractivity contribution is 0.128. The van der Waals surface area contributed by atoms with Gasteiger partial charge in [-0.05, 0) is 32.4 Å². The van der Waals surface area contributed by atoms with Crippen molar-refractivity contribution >= 4 is 29.2 Å². The van der Waals surface area contributed by atoms with Crippen LogP contribution in [0.5, 0.6) is 0 Å². The molecule has 2 heterocycles. The van der Waals surface area contributed by atoms with E-state index in [1.54, 1.807) is 6.07 Å². The molecule has 0 bridgehead atoms. The van der Waals surface area contributed by atoms with Crippen LogP contribution in [0.15, 0.2) is 6.07 Å². The summed E-state index contributed by atoms with van der Waals surface area (Å²) in [6, 6.07) is 1.76. The van der Waals surface area contributed by atoms with Crippen molar-refractivity contribution in [2.24, 2.45) is 0 Å². The lowest BCUT2D eigenvalue weighted by Crippen LogP contribution is -2.27. The van der Waals surface area contributed by atoms with Crippen molar-refractivity contribution in [3.63, 3.8) is 0 Å². The van der Waals surface area contributed by atoms with Gasteiger partial charge in [0.05, 0.1) is 0 Å². The largest absolute Gasteiger partial charge is 0.374 e. The molecule has 1 atom stereocenters. The molecule has 0 aliphatic carbocycles. The summed E-state index contributed by atoms with van der Waals surface area (Å²) in [6.45, 7) is 6.19. The Kier molecular flexibility index (Phi) is 5.30. The number of anilines is 1. The topological polar surface area (TPSA) is 47.0 Å². The number of ether oxygens (including phenoxy) is 1. The third kappa shape index (κ3) is 4.51. The number of rotatable bonds is 6. The fraction of sp³-hybridized carbons (Fsp3) is 0.692. The monoisotopic (exact) mass is 301 g/mol. The highest BCUT2D eigenvalue weighted by Gasteiger charge is 2.29. The van der Waals surface area contributed by atoms with Crippen molar-refractivity contribution in [1.29, 1.82) is 0 Å². The first-order chi connectivity index (χ1) is 9.11. The predicted octanol–water partition coefficient (Wildman–Crippen LogP) is 3.36. The van der Waals surface area contributed by atoms with Gasteiger partial charge >= 0.3 is 0 Å². The van der Waals surface area contributed by atoms with Crippen LogP contribution in [0.2, 0.25) is 5.15 Å². The van der Waals surface area contributed by atoms with Gasteiger partial charge in [0.1, 0.15) is 17.6 Å². The van der Waals surface area contributed by atoms with Crippen molar-refractivity contribution < 1.29 is 4.74 Å². The average molecular weight is 302 g/mol. The summed E-state index contributed by atoms with van der Waals surface area (Å²) in [4.78, 5) is 8.57. The Morgan fingerprint density at radius 2 is 2.37 bits per heavy atom. The number of hydrogen-bond acceptors (Lipinski definition) is 5. The Hall–Kier alpha value is -0.520. The van der Waals surface area contributed by atoms with Gasteiger partial charge in [0.2, 0.25) is 0 Å². The number of halogens is 1. The van der Waals surface area contributed by atoms with E-state index in [0.29, 0.717) is 28.9 Å². The van der Waals surface area contributed by atoms with Crippen LogP contribution in [-0.2, 0) is 11.3 Å². The van der Waals surface area contributed by atoms with E-state index in [0.717, 1.165) is 12.4 Å². The smallest absolute Gasteiger partial charge is 0.158 e. The molecule has 2 rings (SSSR count). The van der Waals surface area contributed by atoms with Gasteiger partial charge in [-0.25, -0.2) is 9.97 Å². The van der Waals surface area contributed by atoms with Crippen molar-refractivity contribution in [2.45, 2.75) is 38.0 Å². The van der Waals surface area contributed by atoms with Crippen LogP contribution in [0.4, 0.5) is 5.82 Å². The van der Waals surface area contributed by atoms with Crippen LogP contribution in [0.1, 0.15) is 32.5 Å². The molecular formula is C13H20ClN3OS. The molecule has 0 aromatic carbocycles. The number of nitrogens with zero attached hydrogens (tertiary/aromatic N) is 2. The van der Waals surface area contributed by atoms with E-state index in [4.69, 9.17) is 16.3 Å². The van der Waals surface area contributed by atoms with Gasteiger partial charge in [-0.1, -0.05) is 11.6 Å². The van der Waals surface area contributed by atoms with E-state index < -0.39 is 0 Å². The molecule has 1 aliphatic heterocycles. The maximum Gasteiger partial charge on any atom is 0.158 e. The molecule has 0 amide bonds. The second kappa shape index (κ2) is 6.77. The van der Waals surface area contributed by atoms with E-state index >= 15 is 0 Å². The number of hydrogen-bond donors (Lipinski definition) is 1. The molecule has 4 nitrogen and oxygen atoms in total. The number of aromatic nitrogens is 2. The SMILES string of the molecule is CCOCc1nc(Cl)cc(NCC2(C)CCCS2)n1. The summed E-state index contributed by atoms with van der Waals surface area (Å²) in [6.07, 6.45) is 2.54. The van der Waals surface area contributed by atoms with Crippen LogP contribution in [-0.4, -0.2) is 33.6 Å². The van der Waals surface area contributed by atoms with Gasteiger partial charge < -0.3 is 10.1 Å². The van der Waals surface area contributed by atoms with E-state index in [-0.39, 0.29) is 0 Å².